The van der Waals surface area contributed by atoms with Gasteiger partial charge in [0, 0.05) is 35.5 Å². The van der Waals surface area contributed by atoms with E-state index in [1.807, 2.05) is 13.0 Å². The van der Waals surface area contributed by atoms with E-state index in [4.69, 9.17) is 0 Å². The molecule has 2 amide bonds. The number of hydrogen-bond donors (Lipinski definition) is 2. The summed E-state index contributed by atoms with van der Waals surface area (Å²) in [5.41, 5.74) is 1.93. The maximum absolute atomic E-state index is 13.4. The van der Waals surface area contributed by atoms with Gasteiger partial charge in [0.1, 0.15) is 17.7 Å². The van der Waals surface area contributed by atoms with Crippen LogP contribution in [0.25, 0.3) is 11.3 Å². The lowest BCUT2D eigenvalue weighted by Gasteiger charge is -2.16. The van der Waals surface area contributed by atoms with E-state index in [9.17, 15) is 23.2 Å². The molecule has 0 fully saturated rings. The van der Waals surface area contributed by atoms with Crippen LogP contribution in [0.5, 0.6) is 0 Å². The highest BCUT2D eigenvalue weighted by molar-refractivity contribution is 5.93. The van der Waals surface area contributed by atoms with Crippen LogP contribution in [-0.2, 0) is 9.59 Å². The highest BCUT2D eigenvalue weighted by atomic mass is 19.1. The number of rotatable bonds is 6. The Morgan fingerprint density at radius 1 is 1.03 bits per heavy atom. The molecule has 3 aromatic rings. The maximum Gasteiger partial charge on any atom is 0.267 e. The number of aromatic nitrogens is 2. The molecule has 32 heavy (non-hydrogen) atoms. The molecule has 0 aliphatic carbocycles. The van der Waals surface area contributed by atoms with Crippen LogP contribution in [0.2, 0.25) is 0 Å². The molecule has 0 saturated heterocycles. The van der Waals surface area contributed by atoms with Crippen LogP contribution in [-0.4, -0.2) is 21.6 Å². The minimum Gasteiger partial charge on any atom is -0.326 e. The van der Waals surface area contributed by atoms with Crippen molar-refractivity contribution in [1.29, 1.82) is 0 Å². The van der Waals surface area contributed by atoms with Crippen LogP contribution in [0.4, 0.5) is 20.2 Å². The standard InChI is InChI=1S/C23H22F2N4O3/c1-4-21(30)27-20-9-15(6-5-13(20)2)19-7-8-22(31)29(28-19)14(3)23(32)26-18-11-16(24)10-17(25)12-18/h5-12,14H,4H2,1-3H3,(H,26,32)(H,27,30). The van der Waals surface area contributed by atoms with E-state index >= 15 is 0 Å². The van der Waals surface area contributed by atoms with Crippen molar-refractivity contribution in [2.24, 2.45) is 0 Å². The lowest BCUT2D eigenvalue weighted by molar-refractivity contribution is -0.119. The van der Waals surface area contributed by atoms with E-state index in [0.717, 1.165) is 22.4 Å². The Morgan fingerprint density at radius 3 is 2.38 bits per heavy atom. The summed E-state index contributed by atoms with van der Waals surface area (Å²) < 4.78 is 27.8. The number of nitrogens with one attached hydrogen (secondary N) is 2. The van der Waals surface area contributed by atoms with Crippen molar-refractivity contribution >= 4 is 23.2 Å². The maximum atomic E-state index is 13.4. The number of halogens is 2. The number of carbonyl (C=O) groups is 2. The van der Waals surface area contributed by atoms with Gasteiger partial charge in [-0.15, -0.1) is 0 Å². The van der Waals surface area contributed by atoms with Crippen molar-refractivity contribution in [1.82, 2.24) is 9.78 Å². The van der Waals surface area contributed by atoms with E-state index in [2.05, 4.69) is 15.7 Å². The molecule has 0 spiro atoms. The second-order valence-electron chi connectivity index (χ2n) is 7.26. The van der Waals surface area contributed by atoms with Crippen LogP contribution in [0.1, 0.15) is 31.9 Å². The predicted octanol–water partition coefficient (Wildman–Crippen LogP) is 4.05. The Morgan fingerprint density at radius 2 is 1.72 bits per heavy atom. The zero-order valence-corrected chi connectivity index (χ0v) is 17.8. The monoisotopic (exact) mass is 440 g/mol. The van der Waals surface area contributed by atoms with Crippen LogP contribution < -0.4 is 16.2 Å². The van der Waals surface area contributed by atoms with Crippen LogP contribution in [0, 0.1) is 18.6 Å². The molecule has 1 unspecified atom stereocenters. The van der Waals surface area contributed by atoms with Gasteiger partial charge in [0.2, 0.25) is 11.8 Å². The molecule has 2 aromatic carbocycles. The van der Waals surface area contributed by atoms with Gasteiger partial charge in [0.15, 0.2) is 0 Å². The molecular formula is C23H22F2N4O3. The fourth-order valence-electron chi connectivity index (χ4n) is 3.00. The molecule has 166 valence electrons. The number of anilines is 2. The van der Waals surface area contributed by atoms with Gasteiger partial charge in [-0.3, -0.25) is 14.4 Å². The normalized spacial score (nSPS) is 11.7. The van der Waals surface area contributed by atoms with Crippen molar-refractivity contribution < 1.29 is 18.4 Å². The number of nitrogens with zero attached hydrogens (tertiary/aromatic N) is 2. The molecule has 0 radical (unpaired) electrons. The third-order valence-corrected chi connectivity index (χ3v) is 4.83. The zero-order chi connectivity index (χ0) is 23.4. The Balaban J connectivity index is 1.90. The predicted molar refractivity (Wildman–Crippen MR) is 117 cm³/mol. The molecule has 0 bridgehead atoms. The average molecular weight is 440 g/mol. The first kappa shape index (κ1) is 22.8. The summed E-state index contributed by atoms with van der Waals surface area (Å²) in [4.78, 5) is 36.7. The zero-order valence-electron chi connectivity index (χ0n) is 17.8. The summed E-state index contributed by atoms with van der Waals surface area (Å²) in [6, 6.07) is 9.70. The number of aryl methyl sites for hydroxylation is 1. The minimum absolute atomic E-state index is 0.0709. The molecule has 2 N–H and O–H groups in total. The first-order chi connectivity index (χ1) is 15.2. The van der Waals surface area contributed by atoms with Crippen molar-refractivity contribution in [3.8, 4) is 11.3 Å². The SMILES string of the molecule is CCC(=O)Nc1cc(-c2ccc(=O)n(C(C)C(=O)Nc3cc(F)cc(F)c3)n2)ccc1C. The molecule has 0 saturated carbocycles. The molecule has 0 aliphatic rings. The molecule has 1 heterocycles. The second-order valence-corrected chi connectivity index (χ2v) is 7.26. The van der Waals surface area contributed by atoms with E-state index in [1.54, 1.807) is 19.1 Å². The van der Waals surface area contributed by atoms with Gasteiger partial charge in [-0.05, 0) is 43.7 Å². The highest BCUT2D eigenvalue weighted by Gasteiger charge is 2.19. The Kier molecular flexibility index (Phi) is 6.77. The largest absolute Gasteiger partial charge is 0.326 e. The first-order valence-corrected chi connectivity index (χ1v) is 9.95. The minimum atomic E-state index is -1.06. The molecule has 1 aromatic heterocycles. The van der Waals surface area contributed by atoms with E-state index in [1.165, 1.54) is 19.1 Å². The Hall–Kier alpha value is -3.88. The third-order valence-electron chi connectivity index (χ3n) is 4.83. The number of hydrogen-bond acceptors (Lipinski definition) is 4. The van der Waals surface area contributed by atoms with Crippen LogP contribution >= 0.6 is 0 Å². The summed E-state index contributed by atoms with van der Waals surface area (Å²) in [5.74, 6) is -2.48. The van der Waals surface area contributed by atoms with Crippen molar-refractivity contribution in [3.63, 3.8) is 0 Å². The van der Waals surface area contributed by atoms with Gasteiger partial charge in [0.25, 0.3) is 5.56 Å². The van der Waals surface area contributed by atoms with Gasteiger partial charge in [-0.25, -0.2) is 13.5 Å². The van der Waals surface area contributed by atoms with Crippen molar-refractivity contribution in [3.05, 3.63) is 76.1 Å². The highest BCUT2D eigenvalue weighted by Crippen LogP contribution is 2.24. The fourth-order valence-corrected chi connectivity index (χ4v) is 3.00. The average Bonchev–Trinajstić information content (AvgIpc) is 2.74. The first-order valence-electron chi connectivity index (χ1n) is 9.95. The Bertz CT molecular complexity index is 1220. The number of amides is 2. The molecule has 3 rings (SSSR count). The van der Waals surface area contributed by atoms with Crippen LogP contribution in [0.3, 0.4) is 0 Å². The third kappa shape index (κ3) is 5.23. The van der Waals surface area contributed by atoms with Crippen molar-refractivity contribution in [2.75, 3.05) is 10.6 Å². The summed E-state index contributed by atoms with van der Waals surface area (Å²) >= 11 is 0. The molecule has 1 atom stereocenters. The number of carbonyl (C=O) groups excluding carboxylic acids is 2. The van der Waals surface area contributed by atoms with Gasteiger partial charge in [-0.2, -0.15) is 5.10 Å². The van der Waals surface area contributed by atoms with E-state index in [0.29, 0.717) is 29.4 Å². The van der Waals surface area contributed by atoms with Gasteiger partial charge in [0.05, 0.1) is 5.69 Å². The summed E-state index contributed by atoms with van der Waals surface area (Å²) in [6.07, 6.45) is 0.328. The molecule has 9 heteroatoms. The fraction of sp³-hybridized carbons (Fsp3) is 0.217. The van der Waals surface area contributed by atoms with Gasteiger partial charge in [-0.1, -0.05) is 19.1 Å². The molecular weight excluding hydrogens is 418 g/mol. The number of benzene rings is 2. The van der Waals surface area contributed by atoms with Crippen molar-refractivity contribution in [2.45, 2.75) is 33.2 Å². The second kappa shape index (κ2) is 9.51. The van der Waals surface area contributed by atoms with Gasteiger partial charge < -0.3 is 10.6 Å². The Labute approximate surface area is 183 Å². The molecule has 0 aliphatic heterocycles. The topological polar surface area (TPSA) is 93.1 Å². The smallest absolute Gasteiger partial charge is 0.267 e. The molecule has 7 nitrogen and oxygen atoms in total. The van der Waals surface area contributed by atoms with Gasteiger partial charge >= 0.3 is 0 Å². The lowest BCUT2D eigenvalue weighted by Crippen LogP contribution is -2.33. The van der Waals surface area contributed by atoms with E-state index < -0.39 is 29.1 Å². The summed E-state index contributed by atoms with van der Waals surface area (Å²) in [6.45, 7) is 5.05. The van der Waals surface area contributed by atoms with E-state index in [-0.39, 0.29) is 11.6 Å². The van der Waals surface area contributed by atoms with Crippen LogP contribution in [0.15, 0.2) is 53.3 Å². The lowest BCUT2D eigenvalue weighted by atomic mass is 10.1. The summed E-state index contributed by atoms with van der Waals surface area (Å²) in [7, 11) is 0. The quantitative estimate of drug-likeness (QED) is 0.605. The summed E-state index contributed by atoms with van der Waals surface area (Å²) in [5, 5.41) is 9.49.